The van der Waals surface area contributed by atoms with E-state index >= 15 is 0 Å². The average molecular weight is 359 g/mol. The fraction of sp³-hybridized carbons (Fsp3) is 1.00. The number of hydrogen-bond acceptors (Lipinski definition) is 6. The number of hydrogen-bond donors (Lipinski definition) is 0. The van der Waals surface area contributed by atoms with Crippen molar-refractivity contribution >= 4 is 35.9 Å². The van der Waals surface area contributed by atoms with Crippen LogP contribution in [0.3, 0.4) is 0 Å². The van der Waals surface area contributed by atoms with Crippen LogP contribution in [0.4, 0.5) is 0 Å². The van der Waals surface area contributed by atoms with Gasteiger partial charge in [0.1, 0.15) is 0 Å². The third kappa shape index (κ3) is 7.58. The second-order valence-corrected chi connectivity index (χ2v) is 19.1. The van der Waals surface area contributed by atoms with E-state index < -0.39 is 35.9 Å². The van der Waals surface area contributed by atoms with E-state index in [1.807, 2.05) is 0 Å². The summed E-state index contributed by atoms with van der Waals surface area (Å²) >= 11 is 0. The molecule has 0 atom stereocenters. The molecule has 0 bridgehead atoms. The summed E-state index contributed by atoms with van der Waals surface area (Å²) in [6.45, 7) is 2.36. The Balaban J connectivity index is 4.89. The Morgan fingerprint density at radius 1 is 0.550 bits per heavy atom. The van der Waals surface area contributed by atoms with Crippen LogP contribution in [0.5, 0.6) is 0 Å². The Hall–Kier alpha value is 0.628. The van der Waals surface area contributed by atoms with Gasteiger partial charge in [-0.25, -0.2) is 0 Å². The van der Waals surface area contributed by atoms with Crippen molar-refractivity contribution in [2.24, 2.45) is 0 Å². The molecule has 20 heavy (non-hydrogen) atoms. The standard InChI is InChI=1S/C10H30O6Si4/c1-11-17(12-2)8-20(7,9-18(13-3)14-4)10-19(15-5)16-6/h17-19H,8-10H2,1-7H3. The topological polar surface area (TPSA) is 55.4 Å². The first-order valence-corrected chi connectivity index (χ1v) is 15.0. The van der Waals surface area contributed by atoms with Gasteiger partial charge in [-0.05, 0) is 17.0 Å². The molecule has 0 aliphatic heterocycles. The van der Waals surface area contributed by atoms with Gasteiger partial charge in [0.05, 0.1) is 8.07 Å². The highest BCUT2D eigenvalue weighted by molar-refractivity contribution is 6.96. The fourth-order valence-electron chi connectivity index (χ4n) is 2.25. The van der Waals surface area contributed by atoms with E-state index in [1.54, 1.807) is 42.7 Å². The molecule has 122 valence electrons. The summed E-state index contributed by atoms with van der Waals surface area (Å²) in [5, 5.41) is 0. The van der Waals surface area contributed by atoms with Crippen molar-refractivity contribution in [1.82, 2.24) is 0 Å². The van der Waals surface area contributed by atoms with Crippen molar-refractivity contribution in [3.8, 4) is 0 Å². The molecule has 0 rings (SSSR count). The summed E-state index contributed by atoms with van der Waals surface area (Å²) in [5.74, 6) is 0. The van der Waals surface area contributed by atoms with Gasteiger partial charge < -0.3 is 26.6 Å². The largest absolute Gasteiger partial charge is 0.400 e. The second kappa shape index (κ2) is 11.2. The molecule has 0 saturated heterocycles. The van der Waals surface area contributed by atoms with Crippen LogP contribution in [-0.2, 0) is 26.6 Å². The van der Waals surface area contributed by atoms with Gasteiger partial charge >= 0.3 is 27.9 Å². The van der Waals surface area contributed by atoms with Gasteiger partial charge in [0.15, 0.2) is 0 Å². The highest BCUT2D eigenvalue weighted by Gasteiger charge is 2.39. The molecule has 0 radical (unpaired) electrons. The van der Waals surface area contributed by atoms with E-state index in [0.717, 1.165) is 17.0 Å². The Bertz CT molecular complexity index is 200. The lowest BCUT2D eigenvalue weighted by Gasteiger charge is -2.32. The zero-order valence-corrected chi connectivity index (χ0v) is 18.3. The highest BCUT2D eigenvalue weighted by atomic mass is 28.4. The van der Waals surface area contributed by atoms with Crippen LogP contribution in [0.15, 0.2) is 0 Å². The van der Waals surface area contributed by atoms with Crippen LogP contribution in [0, 0.1) is 0 Å². The Morgan fingerprint density at radius 2 is 0.750 bits per heavy atom. The molecule has 0 saturated carbocycles. The minimum atomic E-state index is -1.63. The summed E-state index contributed by atoms with van der Waals surface area (Å²) < 4.78 is 33.1. The monoisotopic (exact) mass is 358 g/mol. The van der Waals surface area contributed by atoms with Crippen LogP contribution in [-0.4, -0.2) is 78.6 Å². The minimum Gasteiger partial charge on any atom is -0.400 e. The van der Waals surface area contributed by atoms with Crippen LogP contribution in [0.25, 0.3) is 0 Å². The Morgan fingerprint density at radius 3 is 0.900 bits per heavy atom. The average Bonchev–Trinajstić information content (AvgIpc) is 2.48. The van der Waals surface area contributed by atoms with E-state index in [1.165, 1.54) is 0 Å². The lowest BCUT2D eigenvalue weighted by molar-refractivity contribution is 0.277. The van der Waals surface area contributed by atoms with Gasteiger partial charge in [-0.15, -0.1) is 0 Å². The Kier molecular flexibility index (Phi) is 11.6. The molecule has 0 aromatic rings. The van der Waals surface area contributed by atoms with Crippen molar-refractivity contribution in [1.29, 1.82) is 0 Å². The van der Waals surface area contributed by atoms with Gasteiger partial charge in [0.2, 0.25) is 0 Å². The predicted octanol–water partition coefficient (Wildman–Crippen LogP) is 0.223. The van der Waals surface area contributed by atoms with E-state index in [9.17, 15) is 0 Å². The lowest BCUT2D eigenvalue weighted by Crippen LogP contribution is -2.47. The summed E-state index contributed by atoms with van der Waals surface area (Å²) in [6.07, 6.45) is 0. The maximum atomic E-state index is 5.51. The molecule has 0 aromatic heterocycles. The summed E-state index contributed by atoms with van der Waals surface area (Å²) in [4.78, 5) is 0. The molecule has 0 fully saturated rings. The quantitative estimate of drug-likeness (QED) is 0.465. The van der Waals surface area contributed by atoms with Crippen LogP contribution < -0.4 is 0 Å². The number of rotatable bonds is 12. The maximum absolute atomic E-state index is 5.51. The maximum Gasteiger partial charge on any atom is 0.318 e. The van der Waals surface area contributed by atoms with Crippen LogP contribution >= 0.6 is 0 Å². The zero-order chi connectivity index (χ0) is 15.6. The van der Waals surface area contributed by atoms with Gasteiger partial charge in [-0.3, -0.25) is 0 Å². The van der Waals surface area contributed by atoms with E-state index in [2.05, 4.69) is 6.55 Å². The lowest BCUT2D eigenvalue weighted by atomic mass is 11.7. The first-order valence-electron chi connectivity index (χ1n) is 6.65. The van der Waals surface area contributed by atoms with Crippen LogP contribution in [0.2, 0.25) is 23.5 Å². The molecular weight excluding hydrogens is 328 g/mol. The van der Waals surface area contributed by atoms with Crippen molar-refractivity contribution in [3.63, 3.8) is 0 Å². The normalized spacial score (nSPS) is 12.9. The minimum absolute atomic E-state index is 1.03. The van der Waals surface area contributed by atoms with Crippen molar-refractivity contribution in [2.75, 3.05) is 42.7 Å². The molecule has 0 heterocycles. The van der Waals surface area contributed by atoms with Crippen LogP contribution in [0.1, 0.15) is 0 Å². The van der Waals surface area contributed by atoms with Gasteiger partial charge in [0.25, 0.3) is 0 Å². The highest BCUT2D eigenvalue weighted by Crippen LogP contribution is 2.26. The molecule has 0 unspecified atom stereocenters. The first-order chi connectivity index (χ1) is 9.48. The molecule has 0 aliphatic carbocycles. The fourth-order valence-corrected chi connectivity index (χ4v) is 23.0. The van der Waals surface area contributed by atoms with Crippen molar-refractivity contribution in [2.45, 2.75) is 23.5 Å². The summed E-state index contributed by atoms with van der Waals surface area (Å²) in [7, 11) is 3.99. The third-order valence-electron chi connectivity index (χ3n) is 3.56. The van der Waals surface area contributed by atoms with Crippen molar-refractivity contribution in [3.05, 3.63) is 0 Å². The smallest absolute Gasteiger partial charge is 0.318 e. The van der Waals surface area contributed by atoms with E-state index in [-0.39, 0.29) is 0 Å². The summed E-state index contributed by atoms with van der Waals surface area (Å²) in [5.41, 5.74) is 3.10. The molecule has 0 N–H and O–H groups in total. The van der Waals surface area contributed by atoms with Crippen molar-refractivity contribution < 1.29 is 26.6 Å². The van der Waals surface area contributed by atoms with Gasteiger partial charge in [0, 0.05) is 42.7 Å². The molecule has 0 aliphatic rings. The predicted molar refractivity (Wildman–Crippen MR) is 89.5 cm³/mol. The van der Waals surface area contributed by atoms with Gasteiger partial charge in [-0.2, -0.15) is 0 Å². The first kappa shape index (κ1) is 20.6. The molecular formula is C10H30O6Si4. The second-order valence-electron chi connectivity index (χ2n) is 5.13. The molecule has 0 aromatic carbocycles. The SMILES string of the molecule is CO[SiH](C[Si](C)(C[SiH](OC)OC)C[SiH](OC)OC)OC. The van der Waals surface area contributed by atoms with Gasteiger partial charge in [-0.1, -0.05) is 6.55 Å². The molecule has 0 amide bonds. The Labute approximate surface area is 129 Å². The zero-order valence-electron chi connectivity index (χ0n) is 13.8. The van der Waals surface area contributed by atoms with E-state index in [4.69, 9.17) is 26.6 Å². The molecule has 0 spiro atoms. The summed E-state index contributed by atoms with van der Waals surface area (Å²) in [6, 6.07) is 0. The molecule has 6 nitrogen and oxygen atoms in total. The molecule has 10 heteroatoms. The van der Waals surface area contributed by atoms with E-state index in [0.29, 0.717) is 0 Å². The third-order valence-corrected chi connectivity index (χ3v) is 22.5.